The van der Waals surface area contributed by atoms with Crippen LogP contribution in [0.5, 0.6) is 34.6 Å². The molecule has 0 aliphatic carbocycles. The highest BCUT2D eigenvalue weighted by Gasteiger charge is 2.37. The molecular formula is C23H20N4O6. The number of nitrogens with zero attached hydrogens (tertiary/aromatic N) is 2. The summed E-state index contributed by atoms with van der Waals surface area (Å²) in [7, 11) is 4.59. The number of benzene rings is 2. The number of nitrogens with one attached hydrogen (secondary N) is 1. The van der Waals surface area contributed by atoms with Crippen molar-refractivity contribution >= 4 is 0 Å². The Morgan fingerprint density at radius 3 is 2.45 bits per heavy atom. The number of allylic oxidation sites excluding steroid dienone is 1. The number of hydrogen-bond donors (Lipinski definition) is 2. The topological polar surface area (TPSA) is 134 Å². The van der Waals surface area contributed by atoms with Crippen molar-refractivity contribution in [2.24, 2.45) is 5.73 Å². The number of hydrogen-bond acceptors (Lipinski definition) is 9. The van der Waals surface area contributed by atoms with E-state index in [9.17, 15) is 5.26 Å². The van der Waals surface area contributed by atoms with E-state index in [4.69, 9.17) is 34.2 Å². The average molecular weight is 448 g/mol. The highest BCUT2D eigenvalue weighted by molar-refractivity contribution is 5.73. The van der Waals surface area contributed by atoms with Crippen molar-refractivity contribution in [1.29, 1.82) is 5.26 Å². The zero-order valence-corrected chi connectivity index (χ0v) is 18.1. The van der Waals surface area contributed by atoms with Crippen LogP contribution in [0.15, 0.2) is 41.8 Å². The standard InChI is InChI=1S/C23H20N4O6/c1-28-16-7-12(8-17(29-2)21(16)30-3)18-13(9-24)22(25)33-23-19(18)20(26-27-23)11-4-5-14-15(6-11)32-10-31-14/h4-8,18H,10,25H2,1-3H3,(H,26,27)/t18-/m1/s1. The first-order chi connectivity index (χ1) is 16.1. The molecule has 1 atom stereocenters. The number of ether oxygens (including phenoxy) is 6. The second-order valence-corrected chi connectivity index (χ2v) is 7.27. The van der Waals surface area contributed by atoms with Crippen LogP contribution in [0.1, 0.15) is 17.0 Å². The van der Waals surface area contributed by atoms with Gasteiger partial charge in [0, 0.05) is 5.56 Å². The van der Waals surface area contributed by atoms with Gasteiger partial charge in [-0.25, -0.2) is 0 Å². The molecule has 0 unspecified atom stereocenters. The largest absolute Gasteiger partial charge is 0.493 e. The van der Waals surface area contributed by atoms with Crippen molar-refractivity contribution in [3.8, 4) is 52.0 Å². The van der Waals surface area contributed by atoms with Crippen molar-refractivity contribution in [3.63, 3.8) is 0 Å². The predicted molar refractivity (Wildman–Crippen MR) is 116 cm³/mol. The van der Waals surface area contributed by atoms with Gasteiger partial charge in [-0.15, -0.1) is 5.10 Å². The first-order valence-corrected chi connectivity index (χ1v) is 9.95. The summed E-state index contributed by atoms with van der Waals surface area (Å²) in [6.07, 6.45) is 0. The normalized spacial score (nSPS) is 16.0. The van der Waals surface area contributed by atoms with Crippen LogP contribution in [0.3, 0.4) is 0 Å². The molecule has 0 saturated heterocycles. The second-order valence-electron chi connectivity index (χ2n) is 7.27. The van der Waals surface area contributed by atoms with E-state index in [1.54, 1.807) is 12.1 Å². The highest BCUT2D eigenvalue weighted by Crippen LogP contribution is 2.49. The van der Waals surface area contributed by atoms with Gasteiger partial charge in [-0.2, -0.15) is 5.26 Å². The van der Waals surface area contributed by atoms with Gasteiger partial charge in [-0.05, 0) is 35.9 Å². The Hall–Kier alpha value is -4.52. The molecule has 0 saturated carbocycles. The number of aromatic nitrogens is 2. The van der Waals surface area contributed by atoms with Gasteiger partial charge in [0.1, 0.15) is 11.6 Å². The van der Waals surface area contributed by atoms with Crippen LogP contribution in [0, 0.1) is 11.3 Å². The van der Waals surface area contributed by atoms with E-state index in [2.05, 4.69) is 16.3 Å². The Labute approximate surface area is 189 Å². The zero-order valence-electron chi connectivity index (χ0n) is 18.1. The molecule has 2 aliphatic heterocycles. The van der Waals surface area contributed by atoms with Gasteiger partial charge in [0.05, 0.1) is 38.5 Å². The van der Waals surface area contributed by atoms with Crippen LogP contribution in [0.2, 0.25) is 0 Å². The van der Waals surface area contributed by atoms with E-state index < -0.39 is 5.92 Å². The first kappa shape index (κ1) is 20.4. The molecular weight excluding hydrogens is 428 g/mol. The number of methoxy groups -OCH3 is 3. The third kappa shape index (κ3) is 3.13. The molecule has 0 fully saturated rings. The highest BCUT2D eigenvalue weighted by atomic mass is 16.7. The van der Waals surface area contributed by atoms with Crippen molar-refractivity contribution in [1.82, 2.24) is 10.2 Å². The molecule has 3 N–H and O–H groups in total. The molecule has 0 bridgehead atoms. The summed E-state index contributed by atoms with van der Waals surface area (Å²) in [6.45, 7) is 0.162. The number of nitrogens with two attached hydrogens (primary N) is 1. The van der Waals surface area contributed by atoms with Crippen LogP contribution in [0.25, 0.3) is 11.3 Å². The maximum atomic E-state index is 9.98. The molecule has 0 spiro atoms. The smallest absolute Gasteiger partial charge is 0.244 e. The molecule has 168 valence electrons. The fourth-order valence-corrected chi connectivity index (χ4v) is 4.12. The Kier molecular flexibility index (Phi) is 4.86. The van der Waals surface area contributed by atoms with Crippen LogP contribution in [0.4, 0.5) is 0 Å². The zero-order chi connectivity index (χ0) is 23.1. The summed E-state index contributed by atoms with van der Waals surface area (Å²) >= 11 is 0. The molecule has 0 amide bonds. The van der Waals surface area contributed by atoms with E-state index in [1.807, 2.05) is 18.2 Å². The van der Waals surface area contributed by atoms with Crippen molar-refractivity contribution in [2.75, 3.05) is 28.1 Å². The minimum absolute atomic E-state index is 0.0208. The SMILES string of the molecule is COc1cc([C@@H]2C(C#N)=C(N)Oc3n[nH]c(-c4ccc5c(c4)OCO5)c32)cc(OC)c1OC. The van der Waals surface area contributed by atoms with Gasteiger partial charge in [0.2, 0.25) is 24.3 Å². The summed E-state index contributed by atoms with van der Waals surface area (Å²) < 4.78 is 33.1. The number of aromatic amines is 1. The first-order valence-electron chi connectivity index (χ1n) is 9.95. The van der Waals surface area contributed by atoms with Crippen LogP contribution in [-0.4, -0.2) is 38.3 Å². The molecule has 10 heteroatoms. The Morgan fingerprint density at radius 1 is 1.06 bits per heavy atom. The Bertz CT molecular complexity index is 1300. The van der Waals surface area contributed by atoms with Crippen molar-refractivity contribution in [3.05, 3.63) is 52.9 Å². The van der Waals surface area contributed by atoms with E-state index in [0.29, 0.717) is 45.6 Å². The lowest BCUT2D eigenvalue weighted by molar-refractivity contribution is 0.174. The quantitative estimate of drug-likeness (QED) is 0.604. The molecule has 1 aromatic heterocycles. The van der Waals surface area contributed by atoms with Gasteiger partial charge in [-0.3, -0.25) is 5.10 Å². The summed E-state index contributed by atoms with van der Waals surface area (Å²) in [5.41, 5.74) is 9.12. The summed E-state index contributed by atoms with van der Waals surface area (Å²) in [6, 6.07) is 11.3. The molecule has 10 nitrogen and oxygen atoms in total. The van der Waals surface area contributed by atoms with E-state index in [1.165, 1.54) is 21.3 Å². The summed E-state index contributed by atoms with van der Waals surface area (Å²) in [5, 5.41) is 17.3. The number of rotatable bonds is 5. The fourth-order valence-electron chi connectivity index (χ4n) is 4.12. The van der Waals surface area contributed by atoms with Gasteiger partial charge in [-0.1, -0.05) is 0 Å². The molecule has 3 heterocycles. The summed E-state index contributed by atoms with van der Waals surface area (Å²) in [5.74, 6) is 2.26. The van der Waals surface area contributed by atoms with Gasteiger partial charge >= 0.3 is 0 Å². The third-order valence-electron chi connectivity index (χ3n) is 5.62. The van der Waals surface area contributed by atoms with Crippen LogP contribution < -0.4 is 34.2 Å². The summed E-state index contributed by atoms with van der Waals surface area (Å²) in [4.78, 5) is 0. The second kappa shape index (κ2) is 7.87. The Morgan fingerprint density at radius 2 is 1.79 bits per heavy atom. The van der Waals surface area contributed by atoms with E-state index in [-0.39, 0.29) is 24.1 Å². The monoisotopic (exact) mass is 448 g/mol. The van der Waals surface area contributed by atoms with Gasteiger partial charge in [0.15, 0.2) is 23.0 Å². The van der Waals surface area contributed by atoms with Gasteiger partial charge < -0.3 is 34.2 Å². The third-order valence-corrected chi connectivity index (χ3v) is 5.62. The lowest BCUT2D eigenvalue weighted by Gasteiger charge is -2.25. The number of fused-ring (bicyclic) bond motifs is 2. The Balaban J connectivity index is 1.73. The molecule has 3 aromatic rings. The van der Waals surface area contributed by atoms with Crippen molar-refractivity contribution < 1.29 is 28.4 Å². The minimum Gasteiger partial charge on any atom is -0.493 e. The van der Waals surface area contributed by atoms with Gasteiger partial charge in [0.25, 0.3) is 0 Å². The number of nitriles is 1. The molecule has 2 aliphatic rings. The van der Waals surface area contributed by atoms with Crippen LogP contribution in [-0.2, 0) is 0 Å². The maximum Gasteiger partial charge on any atom is 0.244 e. The lowest BCUT2D eigenvalue weighted by Crippen LogP contribution is -2.21. The molecule has 33 heavy (non-hydrogen) atoms. The molecule has 0 radical (unpaired) electrons. The molecule has 2 aromatic carbocycles. The fraction of sp³-hybridized carbons (Fsp3) is 0.217. The van der Waals surface area contributed by atoms with Crippen molar-refractivity contribution in [2.45, 2.75) is 5.92 Å². The van der Waals surface area contributed by atoms with E-state index in [0.717, 1.165) is 5.56 Å². The number of H-pyrrole nitrogens is 1. The minimum atomic E-state index is -0.605. The molecule has 5 rings (SSSR count). The lowest BCUT2D eigenvalue weighted by atomic mass is 9.82. The van der Waals surface area contributed by atoms with E-state index >= 15 is 0 Å². The maximum absolute atomic E-state index is 9.98. The average Bonchev–Trinajstić information content (AvgIpc) is 3.48. The van der Waals surface area contributed by atoms with Crippen LogP contribution >= 0.6 is 0 Å². The predicted octanol–water partition coefficient (Wildman–Crippen LogP) is 3.05.